The fourth-order valence-electron chi connectivity index (χ4n) is 2.69. The molecule has 6 nitrogen and oxygen atoms in total. The van der Waals surface area contributed by atoms with Crippen LogP contribution in [-0.4, -0.2) is 30.7 Å². The van der Waals surface area contributed by atoms with Gasteiger partial charge in [-0.05, 0) is 43.7 Å². The van der Waals surface area contributed by atoms with Crippen molar-refractivity contribution in [2.45, 2.75) is 26.3 Å². The number of hydrogen-bond acceptors (Lipinski definition) is 4. The third-order valence-electron chi connectivity index (χ3n) is 3.74. The van der Waals surface area contributed by atoms with Crippen LogP contribution in [0, 0.1) is 0 Å². The standard InChI is InChI=1S/C18H20N4O2S/c1-10(2)22-18(21-9-19)15-8-11-5-6-24-14-4-3-12(17(20)23)7-13(14)16(11)25-15/h3-4,7-10H,5-6H2,1-2H3,(H2,20,23)(H2,19,21,22). The molecule has 1 amide bonds. The number of nitrogens with zero attached hydrogens (tertiary/aromatic N) is 2. The molecule has 7 heteroatoms. The molecule has 0 unspecified atom stereocenters. The summed E-state index contributed by atoms with van der Waals surface area (Å²) in [4.78, 5) is 22.3. The van der Waals surface area contributed by atoms with Crippen LogP contribution in [0.15, 0.2) is 34.3 Å². The number of aliphatic imine (C=N–C) groups is 2. The number of primary amides is 1. The molecule has 2 aromatic rings. The van der Waals surface area contributed by atoms with Gasteiger partial charge in [0, 0.05) is 28.5 Å². The van der Waals surface area contributed by atoms with Gasteiger partial charge in [0.1, 0.15) is 5.75 Å². The van der Waals surface area contributed by atoms with E-state index in [0.717, 1.165) is 33.1 Å². The number of carbonyl (C=O) groups excluding carboxylic acids is 1. The van der Waals surface area contributed by atoms with Gasteiger partial charge in [0.05, 0.1) is 17.8 Å². The zero-order valence-corrected chi connectivity index (χ0v) is 15.0. The molecule has 4 N–H and O–H groups in total. The van der Waals surface area contributed by atoms with Crippen LogP contribution < -0.4 is 16.2 Å². The van der Waals surface area contributed by atoms with Gasteiger partial charge >= 0.3 is 0 Å². The number of carbonyl (C=O) groups is 1. The maximum atomic E-state index is 11.5. The monoisotopic (exact) mass is 356 g/mol. The van der Waals surface area contributed by atoms with Gasteiger partial charge in [0.15, 0.2) is 5.84 Å². The minimum Gasteiger partial charge on any atom is -0.493 e. The lowest BCUT2D eigenvalue weighted by atomic mass is 10.0. The van der Waals surface area contributed by atoms with Crippen molar-refractivity contribution in [2.75, 3.05) is 6.61 Å². The molecule has 0 saturated carbocycles. The summed E-state index contributed by atoms with van der Waals surface area (Å²) in [5.74, 6) is 0.908. The van der Waals surface area contributed by atoms with E-state index in [9.17, 15) is 4.79 Å². The molecule has 0 saturated heterocycles. The van der Waals surface area contributed by atoms with E-state index in [1.165, 1.54) is 6.34 Å². The van der Waals surface area contributed by atoms with E-state index in [2.05, 4.69) is 16.1 Å². The molecular weight excluding hydrogens is 336 g/mol. The Balaban J connectivity index is 2.14. The summed E-state index contributed by atoms with van der Waals surface area (Å²) in [7, 11) is 0. The number of nitrogens with two attached hydrogens (primary N) is 2. The number of fused-ring (bicyclic) bond motifs is 3. The van der Waals surface area contributed by atoms with Crippen molar-refractivity contribution in [1.82, 2.24) is 0 Å². The number of amides is 1. The fourth-order valence-corrected chi connectivity index (χ4v) is 3.87. The van der Waals surface area contributed by atoms with Crippen molar-refractivity contribution < 1.29 is 9.53 Å². The Labute approximate surface area is 150 Å². The van der Waals surface area contributed by atoms with Crippen molar-refractivity contribution in [3.05, 3.63) is 40.3 Å². The Morgan fingerprint density at radius 1 is 1.36 bits per heavy atom. The molecule has 130 valence electrons. The van der Waals surface area contributed by atoms with E-state index in [0.29, 0.717) is 18.0 Å². The van der Waals surface area contributed by atoms with Gasteiger partial charge in [-0.15, -0.1) is 11.3 Å². The average molecular weight is 356 g/mol. The van der Waals surface area contributed by atoms with E-state index in [4.69, 9.17) is 16.2 Å². The number of hydrogen-bond donors (Lipinski definition) is 2. The summed E-state index contributed by atoms with van der Waals surface area (Å²) in [5.41, 5.74) is 13.4. The third kappa shape index (κ3) is 3.56. The molecule has 1 aromatic carbocycles. The maximum Gasteiger partial charge on any atom is 0.248 e. The van der Waals surface area contributed by atoms with E-state index in [1.54, 1.807) is 29.5 Å². The molecule has 25 heavy (non-hydrogen) atoms. The van der Waals surface area contributed by atoms with E-state index >= 15 is 0 Å². The molecule has 0 spiro atoms. The van der Waals surface area contributed by atoms with E-state index in [-0.39, 0.29) is 6.04 Å². The largest absolute Gasteiger partial charge is 0.493 e. The lowest BCUT2D eigenvalue weighted by Crippen LogP contribution is -2.10. The van der Waals surface area contributed by atoms with Crippen molar-refractivity contribution in [3.8, 4) is 16.2 Å². The van der Waals surface area contributed by atoms with Gasteiger partial charge in [-0.25, -0.2) is 4.99 Å². The SMILES string of the molecule is CC(C)N=C(N=CN)c1cc2c(s1)-c1cc(C(N)=O)ccc1OCC2. The van der Waals surface area contributed by atoms with Crippen molar-refractivity contribution >= 4 is 29.4 Å². The van der Waals surface area contributed by atoms with Gasteiger partial charge in [-0.1, -0.05) is 0 Å². The van der Waals surface area contributed by atoms with Crippen LogP contribution in [0.3, 0.4) is 0 Å². The van der Waals surface area contributed by atoms with Gasteiger partial charge in [-0.3, -0.25) is 9.79 Å². The van der Waals surface area contributed by atoms with Gasteiger partial charge in [0.25, 0.3) is 0 Å². The van der Waals surface area contributed by atoms with Crippen molar-refractivity contribution in [1.29, 1.82) is 0 Å². The first kappa shape index (κ1) is 17.2. The Bertz CT molecular complexity index is 868. The van der Waals surface area contributed by atoms with Crippen LogP contribution in [0.2, 0.25) is 0 Å². The van der Waals surface area contributed by atoms with Crippen LogP contribution in [-0.2, 0) is 6.42 Å². The first-order valence-electron chi connectivity index (χ1n) is 8.01. The summed E-state index contributed by atoms with van der Waals surface area (Å²) in [6.45, 7) is 4.56. The Hall–Kier alpha value is -2.67. The highest BCUT2D eigenvalue weighted by atomic mass is 32.1. The predicted octanol–water partition coefficient (Wildman–Crippen LogP) is 2.59. The minimum absolute atomic E-state index is 0.109. The molecular formula is C18H20N4O2S. The normalized spacial score (nSPS) is 14.1. The number of amidine groups is 1. The molecule has 1 aliphatic rings. The summed E-state index contributed by atoms with van der Waals surface area (Å²) >= 11 is 1.57. The van der Waals surface area contributed by atoms with Crippen LogP contribution in [0.25, 0.3) is 10.4 Å². The smallest absolute Gasteiger partial charge is 0.248 e. The highest BCUT2D eigenvalue weighted by molar-refractivity contribution is 7.17. The molecule has 3 rings (SSSR count). The molecule has 0 fully saturated rings. The first-order valence-corrected chi connectivity index (χ1v) is 8.83. The highest BCUT2D eigenvalue weighted by Gasteiger charge is 2.21. The highest BCUT2D eigenvalue weighted by Crippen LogP contribution is 2.41. The average Bonchev–Trinajstić information content (AvgIpc) is 2.91. The molecule has 0 atom stereocenters. The molecule has 0 aliphatic carbocycles. The number of benzene rings is 1. The second-order valence-electron chi connectivity index (χ2n) is 5.96. The van der Waals surface area contributed by atoms with Crippen LogP contribution in [0.4, 0.5) is 0 Å². The zero-order chi connectivity index (χ0) is 18.0. The maximum absolute atomic E-state index is 11.5. The fraction of sp³-hybridized carbons (Fsp3) is 0.278. The lowest BCUT2D eigenvalue weighted by Gasteiger charge is -2.08. The Morgan fingerprint density at radius 3 is 2.84 bits per heavy atom. The second-order valence-corrected chi connectivity index (χ2v) is 7.02. The third-order valence-corrected chi connectivity index (χ3v) is 4.95. The minimum atomic E-state index is -0.458. The summed E-state index contributed by atoms with van der Waals surface area (Å²) < 4.78 is 5.81. The van der Waals surface area contributed by atoms with Crippen molar-refractivity contribution in [2.24, 2.45) is 21.5 Å². The number of thiophene rings is 1. The summed E-state index contributed by atoms with van der Waals surface area (Å²) in [6.07, 6.45) is 2.03. The summed E-state index contributed by atoms with van der Waals surface area (Å²) in [5, 5.41) is 0. The second kappa shape index (κ2) is 7.06. The van der Waals surface area contributed by atoms with Gasteiger partial charge < -0.3 is 16.2 Å². The first-order chi connectivity index (χ1) is 12.0. The van der Waals surface area contributed by atoms with Gasteiger partial charge in [-0.2, -0.15) is 0 Å². The molecule has 2 heterocycles. The molecule has 0 radical (unpaired) electrons. The molecule has 0 bridgehead atoms. The lowest BCUT2D eigenvalue weighted by molar-refractivity contribution is 0.100. The zero-order valence-electron chi connectivity index (χ0n) is 14.2. The van der Waals surface area contributed by atoms with Gasteiger partial charge in [0.2, 0.25) is 5.91 Å². The topological polar surface area (TPSA) is 103 Å². The van der Waals surface area contributed by atoms with Crippen LogP contribution in [0.5, 0.6) is 5.75 Å². The Morgan fingerprint density at radius 2 is 2.16 bits per heavy atom. The van der Waals surface area contributed by atoms with Crippen LogP contribution >= 0.6 is 11.3 Å². The molecule has 1 aliphatic heterocycles. The quantitative estimate of drug-likeness (QED) is 0.652. The number of ether oxygens (including phenoxy) is 1. The number of rotatable bonds is 3. The summed E-state index contributed by atoms with van der Waals surface area (Å²) in [6, 6.07) is 7.45. The van der Waals surface area contributed by atoms with Crippen LogP contribution in [0.1, 0.15) is 34.6 Å². The van der Waals surface area contributed by atoms with Crippen molar-refractivity contribution in [3.63, 3.8) is 0 Å². The Kier molecular flexibility index (Phi) is 4.85. The van der Waals surface area contributed by atoms with E-state index < -0.39 is 5.91 Å². The predicted molar refractivity (Wildman–Crippen MR) is 102 cm³/mol. The molecule has 1 aromatic heterocycles. The van der Waals surface area contributed by atoms with E-state index in [1.807, 2.05) is 13.8 Å².